The molecule has 0 N–H and O–H groups in total. The second kappa shape index (κ2) is 11.3. The summed E-state index contributed by atoms with van der Waals surface area (Å²) in [5, 5.41) is 0. The Morgan fingerprint density at radius 1 is 0.541 bits per heavy atom. The highest BCUT2D eigenvalue weighted by Crippen LogP contribution is 2.35. The maximum absolute atomic E-state index is 13.1. The predicted octanol–water partition coefficient (Wildman–Crippen LogP) is 7.77. The quantitative estimate of drug-likeness (QED) is 0.188. The lowest BCUT2D eigenvalue weighted by Crippen LogP contribution is -2.06. The van der Waals surface area contributed by atoms with Gasteiger partial charge in [-0.2, -0.15) is 0 Å². The zero-order chi connectivity index (χ0) is 25.7. The summed E-state index contributed by atoms with van der Waals surface area (Å²) in [5.41, 5.74) is 0. The van der Waals surface area contributed by atoms with Gasteiger partial charge in [0.25, 0.3) is 0 Å². The molecule has 0 saturated heterocycles. The Morgan fingerprint density at radius 2 is 0.973 bits per heavy atom. The fraction of sp³-hybridized carbons (Fsp3) is 0.0323. The third-order valence-corrected chi connectivity index (χ3v) is 10.8. The van der Waals surface area contributed by atoms with Gasteiger partial charge in [-0.15, -0.1) is 0 Å². The fourth-order valence-corrected chi connectivity index (χ4v) is 8.04. The van der Waals surface area contributed by atoms with Crippen molar-refractivity contribution in [1.82, 2.24) is 0 Å². The Labute approximate surface area is 225 Å². The molecular weight excluding hydrogens is 517 g/mol. The third kappa shape index (κ3) is 5.77. The van der Waals surface area contributed by atoms with Gasteiger partial charge in [-0.25, -0.2) is 8.42 Å². The average molecular weight is 542 g/mol. The summed E-state index contributed by atoms with van der Waals surface area (Å²) in [6.45, 7) is 0. The lowest BCUT2D eigenvalue weighted by atomic mass is 10.3. The molecule has 0 amide bonds. The number of methoxy groups -OCH3 is 1. The van der Waals surface area contributed by atoms with Gasteiger partial charge in [0.1, 0.15) is 5.75 Å². The van der Waals surface area contributed by atoms with Crippen molar-refractivity contribution in [2.24, 2.45) is 0 Å². The van der Waals surface area contributed by atoms with Crippen molar-refractivity contribution in [3.63, 3.8) is 0 Å². The summed E-state index contributed by atoms with van der Waals surface area (Å²) < 4.78 is 31.6. The molecule has 3 nitrogen and oxygen atoms in total. The number of ether oxygens (including phenoxy) is 1. The van der Waals surface area contributed by atoms with Crippen molar-refractivity contribution in [2.75, 3.05) is 7.11 Å². The number of hydrogen-bond acceptors (Lipinski definition) is 4. The highest BCUT2D eigenvalue weighted by atomic mass is 32.2. The van der Waals surface area contributed by atoms with E-state index in [2.05, 4.69) is 48.5 Å². The van der Waals surface area contributed by atoms with Crippen molar-refractivity contribution < 1.29 is 13.2 Å². The van der Waals surface area contributed by atoms with Gasteiger partial charge >= 0.3 is 0 Å². The third-order valence-electron chi connectivity index (χ3n) is 5.76. The average Bonchev–Trinajstić information content (AvgIpc) is 2.96. The second-order valence-corrected chi connectivity index (χ2v) is 13.3. The van der Waals surface area contributed by atoms with Crippen LogP contribution in [0.1, 0.15) is 0 Å². The fourth-order valence-electron chi connectivity index (χ4n) is 3.88. The molecule has 0 aliphatic heterocycles. The van der Waals surface area contributed by atoms with Crippen molar-refractivity contribution in [1.29, 1.82) is 0 Å². The standard InChI is InChI=1S/C31H25O3S3/c1-34-24-12-16-27(17-13-24)36(28-18-14-26(15-19-28)35-25-8-4-2-5-9-25)29-20-22-31(23-21-29)37(32,33)30-10-6-3-7-11-30/h2-23H,1H3/q+1. The molecule has 0 aliphatic carbocycles. The molecule has 37 heavy (non-hydrogen) atoms. The molecule has 0 radical (unpaired) electrons. The van der Waals surface area contributed by atoms with Gasteiger partial charge in [-0.1, -0.05) is 48.2 Å². The van der Waals surface area contributed by atoms with Crippen LogP contribution >= 0.6 is 11.8 Å². The van der Waals surface area contributed by atoms with Crippen LogP contribution in [0.25, 0.3) is 0 Å². The van der Waals surface area contributed by atoms with Crippen molar-refractivity contribution in [3.8, 4) is 5.75 Å². The normalized spacial score (nSPS) is 12.1. The molecule has 0 aromatic heterocycles. The minimum atomic E-state index is -3.57. The first-order valence-corrected chi connectivity index (χ1v) is 15.2. The summed E-state index contributed by atoms with van der Waals surface area (Å²) in [6.07, 6.45) is 0. The molecule has 0 bridgehead atoms. The number of hydrogen-bond donors (Lipinski definition) is 0. The van der Waals surface area contributed by atoms with Crippen LogP contribution in [0.5, 0.6) is 5.75 Å². The molecule has 0 fully saturated rings. The van der Waals surface area contributed by atoms with E-state index >= 15 is 0 Å². The SMILES string of the molecule is COc1ccc([S+](c2ccc(Sc3ccccc3)cc2)c2ccc(S(=O)(=O)c3ccccc3)cc2)cc1. The van der Waals surface area contributed by atoms with Crippen LogP contribution in [0.3, 0.4) is 0 Å². The Bertz CT molecular complexity index is 1550. The lowest BCUT2D eigenvalue weighted by molar-refractivity contribution is 0.414. The van der Waals surface area contributed by atoms with Crippen LogP contribution in [0.4, 0.5) is 0 Å². The van der Waals surface area contributed by atoms with E-state index in [0.717, 1.165) is 25.3 Å². The largest absolute Gasteiger partial charge is 0.497 e. The highest BCUT2D eigenvalue weighted by molar-refractivity contribution is 7.99. The maximum Gasteiger partial charge on any atom is 0.206 e. The van der Waals surface area contributed by atoms with Crippen molar-refractivity contribution >= 4 is 32.5 Å². The predicted molar refractivity (Wildman–Crippen MR) is 150 cm³/mol. The molecule has 1 atom stereocenters. The Morgan fingerprint density at radius 3 is 1.51 bits per heavy atom. The van der Waals surface area contributed by atoms with Gasteiger partial charge in [-0.3, -0.25) is 0 Å². The maximum atomic E-state index is 13.1. The number of sulfone groups is 1. The van der Waals surface area contributed by atoms with E-state index in [1.807, 2.05) is 48.5 Å². The van der Waals surface area contributed by atoms with E-state index in [-0.39, 0.29) is 4.90 Å². The molecule has 5 aromatic rings. The minimum Gasteiger partial charge on any atom is -0.497 e. The first-order chi connectivity index (χ1) is 18.0. The first-order valence-electron chi connectivity index (χ1n) is 11.7. The van der Waals surface area contributed by atoms with Crippen LogP contribution < -0.4 is 4.74 Å². The molecular formula is C31H25O3S3+. The van der Waals surface area contributed by atoms with Gasteiger partial charge in [0.15, 0.2) is 14.7 Å². The zero-order valence-corrected chi connectivity index (χ0v) is 22.6. The summed E-state index contributed by atoms with van der Waals surface area (Å²) in [7, 11) is -2.33. The molecule has 184 valence electrons. The number of rotatable bonds is 8. The monoisotopic (exact) mass is 541 g/mol. The van der Waals surface area contributed by atoms with E-state index in [9.17, 15) is 8.42 Å². The molecule has 0 spiro atoms. The van der Waals surface area contributed by atoms with E-state index in [0.29, 0.717) is 4.90 Å². The molecule has 5 rings (SSSR count). The molecule has 0 saturated carbocycles. The molecule has 6 heteroatoms. The summed E-state index contributed by atoms with van der Waals surface area (Å²) in [5.74, 6) is 0.797. The van der Waals surface area contributed by atoms with Gasteiger partial charge < -0.3 is 4.74 Å². The molecule has 1 unspecified atom stereocenters. The van der Waals surface area contributed by atoms with Gasteiger partial charge in [-0.05, 0) is 97.1 Å². The molecule has 0 heterocycles. The molecule has 5 aromatic carbocycles. The van der Waals surface area contributed by atoms with E-state index in [1.54, 1.807) is 55.3 Å². The first kappa shape index (κ1) is 25.2. The summed E-state index contributed by atoms with van der Waals surface area (Å²) >= 11 is 1.73. The smallest absolute Gasteiger partial charge is 0.206 e. The van der Waals surface area contributed by atoms with Crippen LogP contribution in [0, 0.1) is 0 Å². The van der Waals surface area contributed by atoms with Gasteiger partial charge in [0.2, 0.25) is 9.84 Å². The second-order valence-electron chi connectivity index (χ2n) is 8.16. The topological polar surface area (TPSA) is 43.4 Å². The number of benzene rings is 5. The van der Waals surface area contributed by atoms with Gasteiger partial charge in [0.05, 0.1) is 27.8 Å². The van der Waals surface area contributed by atoms with Crippen molar-refractivity contribution in [3.05, 3.63) is 133 Å². The van der Waals surface area contributed by atoms with Gasteiger partial charge in [0, 0.05) is 9.79 Å². The molecule has 0 aliphatic rings. The minimum absolute atomic E-state index is 0.287. The van der Waals surface area contributed by atoms with Crippen molar-refractivity contribution in [2.45, 2.75) is 34.3 Å². The summed E-state index contributed by atoms with van der Waals surface area (Å²) in [4.78, 5) is 6.26. The van der Waals surface area contributed by atoms with E-state index in [4.69, 9.17) is 4.74 Å². The van der Waals surface area contributed by atoms with Crippen LogP contribution in [0.15, 0.2) is 168 Å². The van der Waals surface area contributed by atoms with Crippen LogP contribution in [-0.4, -0.2) is 15.5 Å². The Kier molecular flexibility index (Phi) is 7.70. The zero-order valence-electron chi connectivity index (χ0n) is 20.2. The van der Waals surface area contributed by atoms with E-state index in [1.165, 1.54) is 4.90 Å². The Balaban J connectivity index is 1.49. The summed E-state index contributed by atoms with van der Waals surface area (Å²) in [6, 6.07) is 42.8. The van der Waals surface area contributed by atoms with E-state index < -0.39 is 20.7 Å². The van der Waals surface area contributed by atoms with Crippen LogP contribution in [0.2, 0.25) is 0 Å². The Hall–Kier alpha value is -3.45. The van der Waals surface area contributed by atoms with Crippen LogP contribution in [-0.2, 0) is 20.7 Å². The lowest BCUT2D eigenvalue weighted by Gasteiger charge is -2.11. The highest BCUT2D eigenvalue weighted by Gasteiger charge is 2.29.